The Bertz CT molecular complexity index is 865. The van der Waals surface area contributed by atoms with Gasteiger partial charge in [0.1, 0.15) is 0 Å². The minimum absolute atomic E-state index is 0.143. The zero-order valence-corrected chi connectivity index (χ0v) is 12.7. The number of aromatic amines is 1. The molecule has 0 unspecified atom stereocenters. The average molecular weight is 314 g/mol. The lowest BCUT2D eigenvalue weighted by atomic mass is 10.1. The highest BCUT2D eigenvalue weighted by Crippen LogP contribution is 2.26. The molecule has 0 spiro atoms. The molecule has 0 aliphatic carbocycles. The predicted molar refractivity (Wildman–Crippen MR) is 86.0 cm³/mol. The summed E-state index contributed by atoms with van der Waals surface area (Å²) in [5.41, 5.74) is 7.66. The third-order valence-electron chi connectivity index (χ3n) is 3.31. The van der Waals surface area contributed by atoms with Gasteiger partial charge < -0.3 is 11.1 Å². The highest BCUT2D eigenvalue weighted by molar-refractivity contribution is 7.14. The zero-order chi connectivity index (χ0) is 15.7. The first-order chi connectivity index (χ1) is 10.5. The molecule has 2 aromatic heterocycles. The van der Waals surface area contributed by atoms with Gasteiger partial charge in [-0.25, -0.2) is 0 Å². The van der Waals surface area contributed by atoms with E-state index in [0.717, 1.165) is 21.3 Å². The Hall–Kier alpha value is -2.67. The van der Waals surface area contributed by atoms with Crippen LogP contribution < -0.4 is 11.1 Å². The van der Waals surface area contributed by atoms with Gasteiger partial charge >= 0.3 is 0 Å². The number of hydrogen-bond donors (Lipinski definition) is 3. The first kappa shape index (κ1) is 14.3. The summed E-state index contributed by atoms with van der Waals surface area (Å²) in [5, 5.41) is 10.6. The predicted octanol–water partition coefficient (Wildman–Crippen LogP) is 2.21. The van der Waals surface area contributed by atoms with Crippen LogP contribution >= 0.6 is 11.3 Å². The van der Waals surface area contributed by atoms with Gasteiger partial charge in [0.15, 0.2) is 0 Å². The number of benzene rings is 1. The lowest BCUT2D eigenvalue weighted by Gasteiger charge is -2.04. The van der Waals surface area contributed by atoms with Crippen molar-refractivity contribution in [2.45, 2.75) is 13.3 Å². The molecule has 0 bridgehead atoms. The van der Waals surface area contributed by atoms with Gasteiger partial charge in [-0.2, -0.15) is 5.10 Å². The number of amides is 2. The van der Waals surface area contributed by atoms with Crippen LogP contribution in [0.25, 0.3) is 10.9 Å². The van der Waals surface area contributed by atoms with Gasteiger partial charge in [-0.3, -0.25) is 14.7 Å². The summed E-state index contributed by atoms with van der Waals surface area (Å²) < 4.78 is 0. The lowest BCUT2D eigenvalue weighted by molar-refractivity contribution is -0.115. The number of aryl methyl sites for hydroxylation is 1. The van der Waals surface area contributed by atoms with Crippen molar-refractivity contribution in [1.82, 2.24) is 10.2 Å². The largest absolute Gasteiger partial charge is 0.365 e. The molecule has 0 saturated carbocycles. The third kappa shape index (κ3) is 2.84. The first-order valence-electron chi connectivity index (χ1n) is 6.65. The molecule has 4 N–H and O–H groups in total. The number of carbonyl (C=O) groups is 2. The molecule has 1 aromatic carbocycles. The summed E-state index contributed by atoms with van der Waals surface area (Å²) in [7, 11) is 0. The Morgan fingerprint density at radius 1 is 1.36 bits per heavy atom. The van der Waals surface area contributed by atoms with Gasteiger partial charge in [0.25, 0.3) is 5.91 Å². The zero-order valence-electron chi connectivity index (χ0n) is 11.8. The molecule has 6 nitrogen and oxygen atoms in total. The smallest absolute Gasteiger partial charge is 0.258 e. The van der Waals surface area contributed by atoms with Crippen LogP contribution in [-0.2, 0) is 11.2 Å². The number of nitrogens with two attached hydrogens (primary N) is 1. The normalized spacial score (nSPS) is 10.8. The molecule has 0 atom stereocenters. The van der Waals surface area contributed by atoms with Crippen LogP contribution in [0, 0.1) is 6.92 Å². The van der Waals surface area contributed by atoms with Crippen molar-refractivity contribution in [3.05, 3.63) is 45.8 Å². The number of primary amides is 1. The third-order valence-corrected chi connectivity index (χ3v) is 4.37. The van der Waals surface area contributed by atoms with Gasteiger partial charge in [0, 0.05) is 10.3 Å². The molecule has 3 aromatic rings. The molecule has 0 fully saturated rings. The van der Waals surface area contributed by atoms with E-state index in [1.54, 1.807) is 12.3 Å². The van der Waals surface area contributed by atoms with Crippen LogP contribution in [0.2, 0.25) is 0 Å². The molecular weight excluding hydrogens is 300 g/mol. The number of thiophene rings is 1. The number of carbonyl (C=O) groups excluding carboxylic acids is 2. The van der Waals surface area contributed by atoms with Crippen molar-refractivity contribution in [1.29, 1.82) is 0 Å². The maximum absolute atomic E-state index is 12.1. The van der Waals surface area contributed by atoms with E-state index in [-0.39, 0.29) is 12.3 Å². The van der Waals surface area contributed by atoms with Crippen LogP contribution in [0.15, 0.2) is 30.5 Å². The SMILES string of the molecule is Cc1sc(C(N)=O)cc1NC(=O)Cc1ccc2cn[nH]c2c1. The highest BCUT2D eigenvalue weighted by Gasteiger charge is 2.12. The number of anilines is 1. The topological polar surface area (TPSA) is 101 Å². The Labute approximate surface area is 130 Å². The van der Waals surface area contributed by atoms with Crippen LogP contribution in [0.5, 0.6) is 0 Å². The number of rotatable bonds is 4. The van der Waals surface area contributed by atoms with Crippen molar-refractivity contribution in [2.24, 2.45) is 5.73 Å². The van der Waals surface area contributed by atoms with E-state index in [0.29, 0.717) is 10.6 Å². The summed E-state index contributed by atoms with van der Waals surface area (Å²) in [6, 6.07) is 7.32. The van der Waals surface area contributed by atoms with Crippen LogP contribution in [0.3, 0.4) is 0 Å². The van der Waals surface area contributed by atoms with E-state index < -0.39 is 5.91 Å². The second kappa shape index (κ2) is 5.61. The van der Waals surface area contributed by atoms with Gasteiger partial charge in [0.05, 0.1) is 28.7 Å². The maximum Gasteiger partial charge on any atom is 0.258 e. The quantitative estimate of drug-likeness (QED) is 0.688. The number of nitrogens with zero attached hydrogens (tertiary/aromatic N) is 1. The van der Waals surface area contributed by atoms with Crippen molar-refractivity contribution in [3.63, 3.8) is 0 Å². The molecule has 112 valence electrons. The summed E-state index contributed by atoms with van der Waals surface area (Å²) in [6.07, 6.45) is 1.98. The van der Waals surface area contributed by atoms with Crippen molar-refractivity contribution in [3.8, 4) is 0 Å². The number of aromatic nitrogens is 2. The first-order valence-corrected chi connectivity index (χ1v) is 7.46. The second-order valence-electron chi connectivity index (χ2n) is 4.96. The number of H-pyrrole nitrogens is 1. The van der Waals surface area contributed by atoms with Gasteiger partial charge in [-0.1, -0.05) is 12.1 Å². The number of fused-ring (bicyclic) bond motifs is 1. The molecular formula is C15H14N4O2S. The summed E-state index contributed by atoms with van der Waals surface area (Å²) in [6.45, 7) is 1.84. The van der Waals surface area contributed by atoms with E-state index in [4.69, 9.17) is 5.73 Å². The molecule has 3 rings (SSSR count). The molecule has 0 aliphatic heterocycles. The Morgan fingerprint density at radius 2 is 2.18 bits per heavy atom. The Morgan fingerprint density at radius 3 is 2.91 bits per heavy atom. The minimum Gasteiger partial charge on any atom is -0.365 e. The molecule has 0 saturated heterocycles. The molecule has 0 aliphatic rings. The van der Waals surface area contributed by atoms with E-state index in [9.17, 15) is 9.59 Å². The van der Waals surface area contributed by atoms with Crippen molar-refractivity contribution >= 4 is 39.7 Å². The minimum atomic E-state index is -0.488. The monoisotopic (exact) mass is 314 g/mol. The van der Waals surface area contributed by atoms with E-state index in [1.165, 1.54) is 11.3 Å². The molecule has 0 radical (unpaired) electrons. The van der Waals surface area contributed by atoms with Gasteiger partial charge in [0.2, 0.25) is 5.91 Å². The van der Waals surface area contributed by atoms with Crippen LogP contribution in [0.1, 0.15) is 20.1 Å². The molecule has 2 heterocycles. The molecule has 22 heavy (non-hydrogen) atoms. The standard InChI is InChI=1S/C15H14N4O2S/c1-8-11(6-13(22-8)15(16)21)18-14(20)5-9-2-3-10-7-17-19-12(10)4-9/h2-4,6-7H,5H2,1H3,(H2,16,21)(H,17,19)(H,18,20). The Balaban J connectivity index is 1.73. The number of nitrogens with one attached hydrogen (secondary N) is 2. The number of hydrogen-bond acceptors (Lipinski definition) is 4. The van der Waals surface area contributed by atoms with Crippen molar-refractivity contribution in [2.75, 3.05) is 5.32 Å². The van der Waals surface area contributed by atoms with Gasteiger partial charge in [-0.15, -0.1) is 11.3 Å². The van der Waals surface area contributed by atoms with Gasteiger partial charge in [-0.05, 0) is 24.6 Å². The Kier molecular flexibility index (Phi) is 3.64. The van der Waals surface area contributed by atoms with E-state index >= 15 is 0 Å². The second-order valence-corrected chi connectivity index (χ2v) is 6.22. The fourth-order valence-electron chi connectivity index (χ4n) is 2.20. The summed E-state index contributed by atoms with van der Waals surface area (Å²) >= 11 is 1.27. The lowest BCUT2D eigenvalue weighted by Crippen LogP contribution is -2.14. The van der Waals surface area contributed by atoms with Crippen LogP contribution in [-0.4, -0.2) is 22.0 Å². The molecule has 2 amide bonds. The van der Waals surface area contributed by atoms with Crippen LogP contribution in [0.4, 0.5) is 5.69 Å². The fraction of sp³-hybridized carbons (Fsp3) is 0.133. The fourth-order valence-corrected chi connectivity index (χ4v) is 3.03. The van der Waals surface area contributed by atoms with E-state index in [1.807, 2.05) is 25.1 Å². The van der Waals surface area contributed by atoms with Crippen molar-refractivity contribution < 1.29 is 9.59 Å². The summed E-state index contributed by atoms with van der Waals surface area (Å²) in [4.78, 5) is 24.6. The van der Waals surface area contributed by atoms with E-state index in [2.05, 4.69) is 15.5 Å². The maximum atomic E-state index is 12.1. The average Bonchev–Trinajstić information content (AvgIpc) is 3.05. The summed E-state index contributed by atoms with van der Waals surface area (Å²) in [5.74, 6) is -0.630. The molecule has 7 heteroatoms. The highest BCUT2D eigenvalue weighted by atomic mass is 32.1.